The van der Waals surface area contributed by atoms with Gasteiger partial charge in [0.2, 0.25) is 5.95 Å². The Morgan fingerprint density at radius 3 is 2.71 bits per heavy atom. The Morgan fingerprint density at radius 1 is 1.25 bits per heavy atom. The van der Waals surface area contributed by atoms with E-state index < -0.39 is 0 Å². The average molecular weight is 398 g/mol. The Balaban J connectivity index is 1.20. The van der Waals surface area contributed by atoms with Crippen molar-refractivity contribution < 1.29 is 0 Å². The molecule has 0 amide bonds. The van der Waals surface area contributed by atoms with E-state index in [0.717, 1.165) is 55.6 Å². The van der Waals surface area contributed by atoms with Crippen LogP contribution in [0.25, 0.3) is 0 Å². The van der Waals surface area contributed by atoms with Crippen molar-refractivity contribution >= 4 is 23.4 Å². The Kier molecular flexibility index (Phi) is 5.58. The molecule has 2 aliphatic rings. The number of nitrogens with one attached hydrogen (secondary N) is 1. The molecule has 0 spiro atoms. The van der Waals surface area contributed by atoms with Gasteiger partial charge < -0.3 is 10.2 Å². The number of aromatic nitrogens is 4. The lowest BCUT2D eigenvalue weighted by atomic mass is 9.90. The van der Waals surface area contributed by atoms with Gasteiger partial charge in [0.15, 0.2) is 0 Å². The highest BCUT2D eigenvalue weighted by Crippen LogP contribution is 2.49. The fourth-order valence-corrected chi connectivity index (χ4v) is 4.38. The van der Waals surface area contributed by atoms with E-state index in [1.807, 2.05) is 6.92 Å². The Hall–Kier alpha value is -2.46. The molecule has 1 aliphatic carbocycles. The van der Waals surface area contributed by atoms with Crippen LogP contribution in [0.3, 0.4) is 0 Å². The molecular weight excluding hydrogens is 374 g/mol. The molecule has 7 nitrogen and oxygen atoms in total. The van der Waals surface area contributed by atoms with E-state index in [2.05, 4.69) is 36.2 Å². The van der Waals surface area contributed by atoms with Crippen LogP contribution in [0.15, 0.2) is 18.5 Å². The van der Waals surface area contributed by atoms with Gasteiger partial charge in [-0.25, -0.2) is 19.9 Å². The fourth-order valence-electron chi connectivity index (χ4n) is 4.28. The molecule has 146 valence electrons. The zero-order valence-electron chi connectivity index (χ0n) is 16.0. The van der Waals surface area contributed by atoms with Crippen molar-refractivity contribution in [3.8, 4) is 6.07 Å². The van der Waals surface area contributed by atoms with Crippen LogP contribution < -0.4 is 10.2 Å². The van der Waals surface area contributed by atoms with E-state index in [1.165, 1.54) is 19.3 Å². The summed E-state index contributed by atoms with van der Waals surface area (Å²) in [4.78, 5) is 19.4. The smallest absolute Gasteiger partial charge is 0.225 e. The third-order valence-corrected chi connectivity index (χ3v) is 5.98. The maximum Gasteiger partial charge on any atom is 0.225 e. The average Bonchev–Trinajstić information content (AvgIpc) is 3.48. The Labute approximate surface area is 170 Å². The zero-order chi connectivity index (χ0) is 19.5. The molecule has 0 radical (unpaired) electrons. The van der Waals surface area contributed by atoms with Gasteiger partial charge in [0, 0.05) is 25.7 Å². The van der Waals surface area contributed by atoms with Gasteiger partial charge in [-0.3, -0.25) is 0 Å². The lowest BCUT2D eigenvalue weighted by molar-refractivity contribution is 0.343. The molecule has 2 aromatic heterocycles. The SMILES string of the molecule is Cc1nc(C#N)cc(NCCC2C[C@@H]2C2CCN(c3ncc(Cl)cn3)CC2)n1. The summed E-state index contributed by atoms with van der Waals surface area (Å²) in [5.74, 6) is 4.61. The van der Waals surface area contributed by atoms with Crippen molar-refractivity contribution in [3.63, 3.8) is 0 Å². The third-order valence-electron chi connectivity index (χ3n) is 5.79. The standard InChI is InChI=1S/C20H24ClN7/c1-13-26-17(10-22)9-19(27-13)23-5-2-15-8-18(15)14-3-6-28(7-4-14)20-24-11-16(21)12-25-20/h9,11-12,14-15,18H,2-8H2,1H3,(H,23,26,27)/t15?,18-/m1/s1. The van der Waals surface area contributed by atoms with Crippen molar-refractivity contribution in [2.75, 3.05) is 29.9 Å². The van der Waals surface area contributed by atoms with Crippen molar-refractivity contribution in [1.82, 2.24) is 19.9 Å². The van der Waals surface area contributed by atoms with Crippen molar-refractivity contribution in [2.45, 2.75) is 32.6 Å². The summed E-state index contributed by atoms with van der Waals surface area (Å²) < 4.78 is 0. The number of hydrogen-bond donors (Lipinski definition) is 1. The normalized spacial score (nSPS) is 22.0. The second kappa shape index (κ2) is 8.27. The van der Waals surface area contributed by atoms with Crippen LogP contribution in [-0.2, 0) is 0 Å². The molecular formula is C20H24ClN7. The van der Waals surface area contributed by atoms with Gasteiger partial charge in [0.25, 0.3) is 0 Å². The van der Waals surface area contributed by atoms with Crippen LogP contribution in [0.2, 0.25) is 5.02 Å². The minimum absolute atomic E-state index is 0.413. The number of piperidine rings is 1. The van der Waals surface area contributed by atoms with Gasteiger partial charge in [0.1, 0.15) is 23.4 Å². The number of aryl methyl sites for hydroxylation is 1. The van der Waals surface area contributed by atoms with Crippen LogP contribution in [0.4, 0.5) is 11.8 Å². The molecule has 3 heterocycles. The Morgan fingerprint density at radius 2 is 2.00 bits per heavy atom. The van der Waals surface area contributed by atoms with Crippen molar-refractivity contribution in [3.05, 3.63) is 35.0 Å². The van der Waals surface area contributed by atoms with Crippen molar-refractivity contribution in [2.24, 2.45) is 17.8 Å². The van der Waals surface area contributed by atoms with E-state index in [4.69, 9.17) is 16.9 Å². The highest BCUT2D eigenvalue weighted by molar-refractivity contribution is 6.30. The number of nitriles is 1. The lowest BCUT2D eigenvalue weighted by Crippen LogP contribution is -2.35. The number of anilines is 2. The summed E-state index contributed by atoms with van der Waals surface area (Å²) >= 11 is 5.87. The van der Waals surface area contributed by atoms with Gasteiger partial charge in [-0.2, -0.15) is 5.26 Å². The molecule has 28 heavy (non-hydrogen) atoms. The number of nitrogens with zero attached hydrogens (tertiary/aromatic N) is 6. The van der Waals surface area contributed by atoms with E-state index in [0.29, 0.717) is 16.5 Å². The molecule has 2 aromatic rings. The van der Waals surface area contributed by atoms with Gasteiger partial charge in [-0.05, 0) is 50.4 Å². The van der Waals surface area contributed by atoms with Gasteiger partial charge in [-0.15, -0.1) is 0 Å². The number of hydrogen-bond acceptors (Lipinski definition) is 7. The zero-order valence-corrected chi connectivity index (χ0v) is 16.7. The number of rotatable bonds is 6. The minimum Gasteiger partial charge on any atom is -0.370 e. The number of halogens is 1. The molecule has 0 bridgehead atoms. The van der Waals surface area contributed by atoms with Crippen molar-refractivity contribution in [1.29, 1.82) is 5.26 Å². The second-order valence-electron chi connectivity index (χ2n) is 7.70. The topological polar surface area (TPSA) is 90.6 Å². The third kappa shape index (κ3) is 4.50. The molecule has 1 saturated carbocycles. The molecule has 1 aliphatic heterocycles. The van der Waals surface area contributed by atoms with Gasteiger partial charge in [0.05, 0.1) is 17.4 Å². The molecule has 8 heteroatoms. The van der Waals surface area contributed by atoms with Crippen LogP contribution in [-0.4, -0.2) is 39.6 Å². The molecule has 0 aromatic carbocycles. The summed E-state index contributed by atoms with van der Waals surface area (Å²) in [5, 5.41) is 12.9. The first-order chi connectivity index (χ1) is 13.6. The molecule has 4 rings (SSSR count). The highest BCUT2D eigenvalue weighted by Gasteiger charge is 2.43. The Bertz CT molecular complexity index is 856. The predicted molar refractivity (Wildman–Crippen MR) is 108 cm³/mol. The van der Waals surface area contributed by atoms with E-state index in [1.54, 1.807) is 18.5 Å². The summed E-state index contributed by atoms with van der Waals surface area (Å²) in [6, 6.07) is 3.79. The first-order valence-electron chi connectivity index (χ1n) is 9.84. The van der Waals surface area contributed by atoms with Gasteiger partial charge >= 0.3 is 0 Å². The minimum atomic E-state index is 0.413. The quantitative estimate of drug-likeness (QED) is 0.798. The van der Waals surface area contributed by atoms with Crippen LogP contribution in [0, 0.1) is 36.0 Å². The van der Waals surface area contributed by atoms with Crippen LogP contribution in [0.5, 0.6) is 0 Å². The van der Waals surface area contributed by atoms with E-state index in [-0.39, 0.29) is 0 Å². The monoisotopic (exact) mass is 397 g/mol. The largest absolute Gasteiger partial charge is 0.370 e. The summed E-state index contributed by atoms with van der Waals surface area (Å²) in [6.07, 6.45) is 8.22. The summed E-state index contributed by atoms with van der Waals surface area (Å²) in [5.41, 5.74) is 0.413. The first kappa shape index (κ1) is 18.9. The fraction of sp³-hybridized carbons (Fsp3) is 0.550. The second-order valence-corrected chi connectivity index (χ2v) is 8.13. The molecule has 1 saturated heterocycles. The molecule has 1 unspecified atom stereocenters. The summed E-state index contributed by atoms with van der Waals surface area (Å²) in [7, 11) is 0. The maximum atomic E-state index is 9.01. The maximum absolute atomic E-state index is 9.01. The highest BCUT2D eigenvalue weighted by atomic mass is 35.5. The lowest BCUT2D eigenvalue weighted by Gasteiger charge is -2.32. The van der Waals surface area contributed by atoms with E-state index in [9.17, 15) is 0 Å². The molecule has 2 atom stereocenters. The first-order valence-corrected chi connectivity index (χ1v) is 10.2. The molecule has 2 fully saturated rings. The van der Waals surface area contributed by atoms with Crippen LogP contribution >= 0.6 is 11.6 Å². The van der Waals surface area contributed by atoms with Crippen LogP contribution in [0.1, 0.15) is 37.2 Å². The van der Waals surface area contributed by atoms with E-state index >= 15 is 0 Å². The predicted octanol–water partition coefficient (Wildman–Crippen LogP) is 3.45. The van der Waals surface area contributed by atoms with Gasteiger partial charge in [-0.1, -0.05) is 11.6 Å². The summed E-state index contributed by atoms with van der Waals surface area (Å²) in [6.45, 7) is 4.74. The molecule has 1 N–H and O–H groups in total.